The van der Waals surface area contributed by atoms with Crippen LogP contribution in [0.3, 0.4) is 0 Å². The third-order valence-electron chi connectivity index (χ3n) is 6.58. The Labute approximate surface area is 196 Å². The van der Waals surface area contributed by atoms with Gasteiger partial charge in [0, 0.05) is 35.9 Å². The van der Waals surface area contributed by atoms with Crippen molar-refractivity contribution >= 4 is 5.82 Å². The molecule has 34 heavy (non-hydrogen) atoms. The molecule has 6 rings (SSSR count). The van der Waals surface area contributed by atoms with E-state index in [4.69, 9.17) is 10.5 Å². The standard InChI is InChI=1S/C26H25FN6O/c1-14-3-6-20-21(7-14)15(2)34-23-10-18(11-30-26(23)28)25-22(31-32-33(25)13-16-4-5-16)9-17-8-19(27)12-29-24(17)20/h3,6-8,10-12,15-16H,4-5,9,13H2,1-2H3,(H2,28,30)/t15-/m1/s1. The van der Waals surface area contributed by atoms with Gasteiger partial charge in [-0.1, -0.05) is 29.0 Å². The molecule has 7 nitrogen and oxygen atoms in total. The van der Waals surface area contributed by atoms with Gasteiger partial charge >= 0.3 is 0 Å². The summed E-state index contributed by atoms with van der Waals surface area (Å²) in [5.74, 6) is 1.05. The number of pyridine rings is 2. The van der Waals surface area contributed by atoms with Gasteiger partial charge in [-0.25, -0.2) is 14.1 Å². The minimum absolute atomic E-state index is 0.324. The molecular formula is C26H25FN6O. The SMILES string of the molecule is Cc1ccc2c(c1)[C@@H](C)Oc1cc(cnc1N)-c1c(nnn1CC1CC1)Cc1cc(F)cnc1-2. The van der Waals surface area contributed by atoms with Crippen LogP contribution in [0.15, 0.2) is 42.7 Å². The van der Waals surface area contributed by atoms with Gasteiger partial charge in [-0.05, 0) is 50.3 Å². The molecule has 1 fully saturated rings. The lowest BCUT2D eigenvalue weighted by Gasteiger charge is -2.22. The molecule has 0 spiro atoms. The molecule has 4 aromatic rings. The van der Waals surface area contributed by atoms with E-state index in [9.17, 15) is 4.39 Å². The fraction of sp³-hybridized carbons (Fsp3) is 0.308. The zero-order valence-electron chi connectivity index (χ0n) is 19.1. The van der Waals surface area contributed by atoms with E-state index >= 15 is 0 Å². The van der Waals surface area contributed by atoms with E-state index in [0.717, 1.165) is 45.7 Å². The number of benzene rings is 1. The van der Waals surface area contributed by atoms with Crippen molar-refractivity contribution in [3.05, 3.63) is 70.9 Å². The minimum Gasteiger partial charge on any atom is -0.482 e. The van der Waals surface area contributed by atoms with Gasteiger partial charge in [0.05, 0.1) is 23.3 Å². The highest BCUT2D eigenvalue weighted by Crippen LogP contribution is 2.39. The predicted octanol–water partition coefficient (Wildman–Crippen LogP) is 4.89. The fourth-order valence-electron chi connectivity index (χ4n) is 4.66. The van der Waals surface area contributed by atoms with Crippen LogP contribution in [0, 0.1) is 18.7 Å². The van der Waals surface area contributed by atoms with Crippen molar-refractivity contribution in [2.45, 2.75) is 45.8 Å². The number of halogens is 1. The maximum atomic E-state index is 14.4. The van der Waals surface area contributed by atoms with Crippen LogP contribution in [0.4, 0.5) is 10.2 Å². The van der Waals surface area contributed by atoms with Crippen molar-refractivity contribution in [1.82, 2.24) is 25.0 Å². The van der Waals surface area contributed by atoms with Crippen LogP contribution in [-0.4, -0.2) is 25.0 Å². The number of anilines is 1. The molecule has 1 atom stereocenters. The highest BCUT2D eigenvalue weighted by Gasteiger charge is 2.27. The number of hydrogen-bond donors (Lipinski definition) is 1. The molecule has 1 aliphatic carbocycles. The Kier molecular flexibility index (Phi) is 4.83. The lowest BCUT2D eigenvalue weighted by Crippen LogP contribution is -2.11. The van der Waals surface area contributed by atoms with E-state index in [1.54, 1.807) is 12.3 Å². The molecule has 0 radical (unpaired) electrons. The fourth-order valence-corrected chi connectivity index (χ4v) is 4.66. The van der Waals surface area contributed by atoms with Gasteiger partial charge < -0.3 is 10.5 Å². The smallest absolute Gasteiger partial charge is 0.166 e. The lowest BCUT2D eigenvalue weighted by atomic mass is 9.93. The number of nitrogens with zero attached hydrogens (tertiary/aromatic N) is 5. The molecule has 8 heteroatoms. The number of aryl methyl sites for hydroxylation is 1. The Hall–Kier alpha value is -3.81. The van der Waals surface area contributed by atoms with Crippen molar-refractivity contribution in [1.29, 1.82) is 0 Å². The van der Waals surface area contributed by atoms with E-state index in [1.807, 2.05) is 36.7 Å². The molecule has 2 bridgehead atoms. The second-order valence-electron chi connectivity index (χ2n) is 9.31. The van der Waals surface area contributed by atoms with Crippen LogP contribution in [0.25, 0.3) is 22.5 Å². The molecule has 1 saturated carbocycles. The first kappa shape index (κ1) is 20.8. The molecule has 4 heterocycles. The maximum absolute atomic E-state index is 14.4. The maximum Gasteiger partial charge on any atom is 0.166 e. The summed E-state index contributed by atoms with van der Waals surface area (Å²) in [6, 6.07) is 9.57. The quantitative estimate of drug-likeness (QED) is 0.462. The van der Waals surface area contributed by atoms with Crippen LogP contribution in [0.5, 0.6) is 5.75 Å². The van der Waals surface area contributed by atoms with Gasteiger partial charge in [-0.3, -0.25) is 4.98 Å². The number of nitrogen functional groups attached to an aromatic ring is 1. The minimum atomic E-state index is -0.382. The van der Waals surface area contributed by atoms with E-state index < -0.39 is 0 Å². The molecule has 172 valence electrons. The van der Waals surface area contributed by atoms with Gasteiger partial charge in [-0.2, -0.15) is 0 Å². The second-order valence-corrected chi connectivity index (χ2v) is 9.31. The average Bonchev–Trinajstić information content (AvgIpc) is 3.54. The van der Waals surface area contributed by atoms with Crippen molar-refractivity contribution in [3.8, 4) is 28.3 Å². The van der Waals surface area contributed by atoms with E-state index in [0.29, 0.717) is 29.6 Å². The Bertz CT molecular complexity index is 1410. The van der Waals surface area contributed by atoms with E-state index in [1.165, 1.54) is 19.0 Å². The zero-order chi connectivity index (χ0) is 23.4. The molecule has 2 aliphatic rings. The van der Waals surface area contributed by atoms with Crippen LogP contribution in [-0.2, 0) is 13.0 Å². The first-order valence-electron chi connectivity index (χ1n) is 11.6. The molecule has 0 saturated heterocycles. The van der Waals surface area contributed by atoms with Crippen molar-refractivity contribution in [2.75, 3.05) is 5.73 Å². The average molecular weight is 457 g/mol. The molecule has 1 aromatic carbocycles. The number of rotatable bonds is 2. The number of ether oxygens (including phenoxy) is 1. The predicted molar refractivity (Wildman–Crippen MR) is 127 cm³/mol. The Morgan fingerprint density at radius 1 is 1.15 bits per heavy atom. The largest absolute Gasteiger partial charge is 0.482 e. The van der Waals surface area contributed by atoms with Crippen LogP contribution < -0.4 is 10.5 Å². The topological polar surface area (TPSA) is 91.7 Å². The normalized spacial score (nSPS) is 17.0. The monoisotopic (exact) mass is 456 g/mol. The van der Waals surface area contributed by atoms with Crippen molar-refractivity contribution < 1.29 is 9.13 Å². The zero-order valence-corrected chi connectivity index (χ0v) is 19.1. The Morgan fingerprint density at radius 2 is 2.00 bits per heavy atom. The highest BCUT2D eigenvalue weighted by molar-refractivity contribution is 5.71. The summed E-state index contributed by atoms with van der Waals surface area (Å²) in [5, 5.41) is 8.98. The Morgan fingerprint density at radius 3 is 2.82 bits per heavy atom. The highest BCUT2D eigenvalue weighted by atomic mass is 19.1. The van der Waals surface area contributed by atoms with Gasteiger partial charge in [0.25, 0.3) is 0 Å². The first-order chi connectivity index (χ1) is 16.5. The van der Waals surface area contributed by atoms with Gasteiger partial charge in [0.15, 0.2) is 11.6 Å². The molecule has 0 unspecified atom stereocenters. The van der Waals surface area contributed by atoms with Crippen LogP contribution >= 0.6 is 0 Å². The summed E-state index contributed by atoms with van der Waals surface area (Å²) in [5.41, 5.74) is 13.0. The van der Waals surface area contributed by atoms with Gasteiger partial charge in [-0.15, -0.1) is 5.10 Å². The van der Waals surface area contributed by atoms with Crippen molar-refractivity contribution in [2.24, 2.45) is 5.92 Å². The third kappa shape index (κ3) is 3.69. The van der Waals surface area contributed by atoms with Crippen LogP contribution in [0.1, 0.15) is 48.3 Å². The van der Waals surface area contributed by atoms with Gasteiger partial charge in [0.2, 0.25) is 0 Å². The summed E-state index contributed by atoms with van der Waals surface area (Å²) in [6.07, 6.45) is 5.43. The van der Waals surface area contributed by atoms with E-state index in [-0.39, 0.29) is 11.9 Å². The number of nitrogens with two attached hydrogens (primary N) is 1. The summed E-state index contributed by atoms with van der Waals surface area (Å²) in [7, 11) is 0. The third-order valence-corrected chi connectivity index (χ3v) is 6.58. The summed E-state index contributed by atoms with van der Waals surface area (Å²) < 4.78 is 22.7. The molecule has 2 N–H and O–H groups in total. The second kappa shape index (κ2) is 7.90. The summed E-state index contributed by atoms with van der Waals surface area (Å²) in [6.45, 7) is 4.79. The lowest BCUT2D eigenvalue weighted by molar-refractivity contribution is 0.228. The Balaban J connectivity index is 1.61. The molecule has 1 aliphatic heterocycles. The summed E-state index contributed by atoms with van der Waals surface area (Å²) >= 11 is 0. The number of hydrogen-bond acceptors (Lipinski definition) is 6. The molecule has 0 amide bonds. The first-order valence-corrected chi connectivity index (χ1v) is 11.6. The number of aromatic nitrogens is 5. The summed E-state index contributed by atoms with van der Waals surface area (Å²) in [4.78, 5) is 8.94. The van der Waals surface area contributed by atoms with E-state index in [2.05, 4.69) is 26.3 Å². The van der Waals surface area contributed by atoms with Crippen molar-refractivity contribution in [3.63, 3.8) is 0 Å². The number of fused-ring (bicyclic) bond motifs is 7. The van der Waals surface area contributed by atoms with Gasteiger partial charge in [0.1, 0.15) is 11.9 Å². The molecule has 3 aromatic heterocycles. The molecular weight excluding hydrogens is 431 g/mol. The van der Waals surface area contributed by atoms with Crippen LogP contribution in [0.2, 0.25) is 0 Å².